The summed E-state index contributed by atoms with van der Waals surface area (Å²) in [5.41, 5.74) is 0.673. The molecular formula is C27H31ClN2O5. The third kappa shape index (κ3) is 5.16. The van der Waals surface area contributed by atoms with Gasteiger partial charge >= 0.3 is 5.97 Å². The molecule has 35 heavy (non-hydrogen) atoms. The van der Waals surface area contributed by atoms with Crippen LogP contribution in [0.3, 0.4) is 0 Å². The Morgan fingerprint density at radius 1 is 1.17 bits per heavy atom. The van der Waals surface area contributed by atoms with Crippen molar-refractivity contribution in [3.63, 3.8) is 0 Å². The molecule has 2 aliphatic heterocycles. The topological polar surface area (TPSA) is 79.3 Å². The van der Waals surface area contributed by atoms with Gasteiger partial charge in [-0.15, -0.1) is 0 Å². The van der Waals surface area contributed by atoms with Crippen molar-refractivity contribution >= 4 is 23.5 Å². The van der Waals surface area contributed by atoms with Crippen LogP contribution in [-0.2, 0) is 27.5 Å². The number of aliphatic hydroxyl groups excluding tert-OH is 1. The molecule has 0 aromatic heterocycles. The molecule has 4 rings (SSSR count). The van der Waals surface area contributed by atoms with Crippen LogP contribution in [0.25, 0.3) is 0 Å². The highest BCUT2D eigenvalue weighted by molar-refractivity contribution is 6.32. The zero-order valence-electron chi connectivity index (χ0n) is 20.3. The molecule has 2 aromatic carbocycles. The minimum Gasteiger partial charge on any atom is -0.509 e. The first-order valence-corrected chi connectivity index (χ1v) is 12.2. The zero-order chi connectivity index (χ0) is 25.2. The third-order valence-electron chi connectivity index (χ3n) is 6.41. The maximum Gasteiger partial charge on any atom is 0.347 e. The molecule has 1 atom stereocenters. The summed E-state index contributed by atoms with van der Waals surface area (Å²) in [5, 5.41) is 14.8. The van der Waals surface area contributed by atoms with E-state index in [0.717, 1.165) is 17.5 Å². The van der Waals surface area contributed by atoms with Gasteiger partial charge in [0.2, 0.25) is 0 Å². The summed E-state index contributed by atoms with van der Waals surface area (Å²) < 4.78 is 11.2. The van der Waals surface area contributed by atoms with Gasteiger partial charge in [-0.1, -0.05) is 61.8 Å². The number of hydrazine groups is 1. The fourth-order valence-corrected chi connectivity index (χ4v) is 4.77. The number of hydrogen-bond acceptors (Lipinski definition) is 6. The molecule has 1 saturated heterocycles. The van der Waals surface area contributed by atoms with Gasteiger partial charge in [-0.2, -0.15) is 0 Å². The summed E-state index contributed by atoms with van der Waals surface area (Å²) in [4.78, 5) is 26.2. The normalized spacial score (nSPS) is 20.4. The molecule has 2 heterocycles. The quantitative estimate of drug-likeness (QED) is 0.405. The monoisotopic (exact) mass is 498 g/mol. The standard InChI is InChI=1S/C27H31ClN2O5/c1-18(2)16-35-26(33)23-24(31)27(3)12-7-13-30(27)29(25(23)32)15-20-10-11-22(21(28)14-20)34-17-19-8-5-4-6-9-19/h4-6,8-11,14,18,31H,7,12-13,15-17H2,1-3H3/t27-/m1/s1. The maximum absolute atomic E-state index is 13.4. The fourth-order valence-electron chi connectivity index (χ4n) is 4.51. The van der Waals surface area contributed by atoms with E-state index >= 15 is 0 Å². The van der Waals surface area contributed by atoms with Crippen LogP contribution < -0.4 is 4.74 Å². The van der Waals surface area contributed by atoms with Crippen LogP contribution in [0, 0.1) is 5.92 Å². The molecule has 186 valence electrons. The van der Waals surface area contributed by atoms with Gasteiger partial charge in [0.25, 0.3) is 5.91 Å². The first-order chi connectivity index (χ1) is 16.7. The zero-order valence-corrected chi connectivity index (χ0v) is 21.0. The molecule has 7 nitrogen and oxygen atoms in total. The van der Waals surface area contributed by atoms with E-state index in [4.69, 9.17) is 21.1 Å². The van der Waals surface area contributed by atoms with E-state index in [-0.39, 0.29) is 30.4 Å². The van der Waals surface area contributed by atoms with Gasteiger partial charge in [-0.05, 0) is 48.9 Å². The highest BCUT2D eigenvalue weighted by Gasteiger charge is 2.53. The average molecular weight is 499 g/mol. The first kappa shape index (κ1) is 25.1. The van der Waals surface area contributed by atoms with E-state index in [1.54, 1.807) is 12.1 Å². The second-order valence-electron chi connectivity index (χ2n) is 9.62. The highest BCUT2D eigenvalue weighted by Crippen LogP contribution is 2.42. The summed E-state index contributed by atoms with van der Waals surface area (Å²) in [5.74, 6) is -0.920. The Balaban J connectivity index is 1.54. The number of nitrogens with zero attached hydrogens (tertiary/aromatic N) is 2. The summed E-state index contributed by atoms with van der Waals surface area (Å²) >= 11 is 6.50. The summed E-state index contributed by atoms with van der Waals surface area (Å²) in [7, 11) is 0. The lowest BCUT2D eigenvalue weighted by Gasteiger charge is -2.46. The molecule has 0 radical (unpaired) electrons. The van der Waals surface area contributed by atoms with Crippen LogP contribution in [0.15, 0.2) is 59.9 Å². The molecule has 2 aromatic rings. The maximum atomic E-state index is 13.4. The molecule has 1 fully saturated rings. The fraction of sp³-hybridized carbons (Fsp3) is 0.407. The lowest BCUT2D eigenvalue weighted by Crippen LogP contribution is -2.60. The lowest BCUT2D eigenvalue weighted by atomic mass is 9.91. The third-order valence-corrected chi connectivity index (χ3v) is 6.70. The van der Waals surface area contributed by atoms with Crippen LogP contribution >= 0.6 is 11.6 Å². The van der Waals surface area contributed by atoms with Gasteiger partial charge in [-0.25, -0.2) is 9.80 Å². The summed E-state index contributed by atoms with van der Waals surface area (Å²) in [6.45, 7) is 7.01. The van der Waals surface area contributed by atoms with Gasteiger partial charge in [0.1, 0.15) is 18.1 Å². The number of benzene rings is 2. The van der Waals surface area contributed by atoms with Crippen molar-refractivity contribution in [1.29, 1.82) is 0 Å². The Kier molecular flexibility index (Phi) is 7.38. The number of amides is 1. The smallest absolute Gasteiger partial charge is 0.347 e. The van der Waals surface area contributed by atoms with E-state index in [1.807, 2.05) is 62.2 Å². The van der Waals surface area contributed by atoms with Crippen molar-refractivity contribution in [1.82, 2.24) is 10.0 Å². The second kappa shape index (κ2) is 10.3. The van der Waals surface area contributed by atoms with E-state index in [1.165, 1.54) is 5.01 Å². The molecule has 2 aliphatic rings. The Labute approximate surface area is 210 Å². The largest absolute Gasteiger partial charge is 0.509 e. The molecule has 0 saturated carbocycles. The highest BCUT2D eigenvalue weighted by atomic mass is 35.5. The number of hydrogen-bond donors (Lipinski definition) is 1. The predicted octanol–water partition coefficient (Wildman–Crippen LogP) is 5.04. The van der Waals surface area contributed by atoms with Gasteiger partial charge in [0.15, 0.2) is 5.57 Å². The van der Waals surface area contributed by atoms with E-state index in [2.05, 4.69) is 0 Å². The van der Waals surface area contributed by atoms with E-state index < -0.39 is 17.4 Å². The Morgan fingerprint density at radius 3 is 2.60 bits per heavy atom. The van der Waals surface area contributed by atoms with Crippen LogP contribution in [0.2, 0.25) is 5.02 Å². The Bertz CT molecular complexity index is 1130. The van der Waals surface area contributed by atoms with Crippen LogP contribution in [0.4, 0.5) is 0 Å². The van der Waals surface area contributed by atoms with Crippen molar-refractivity contribution in [3.8, 4) is 5.75 Å². The summed E-state index contributed by atoms with van der Waals surface area (Å²) in [6, 6.07) is 15.2. The molecule has 8 heteroatoms. The lowest BCUT2D eigenvalue weighted by molar-refractivity contribution is -0.164. The molecule has 1 amide bonds. The van der Waals surface area contributed by atoms with Gasteiger partial charge in [0.05, 0.1) is 23.7 Å². The predicted molar refractivity (Wildman–Crippen MR) is 133 cm³/mol. The number of carbonyl (C=O) groups excluding carboxylic acids is 2. The van der Waals surface area contributed by atoms with Gasteiger partial charge in [0, 0.05) is 6.54 Å². The number of esters is 1. The van der Waals surface area contributed by atoms with Crippen molar-refractivity contribution in [2.24, 2.45) is 5.92 Å². The van der Waals surface area contributed by atoms with Crippen molar-refractivity contribution < 1.29 is 24.2 Å². The minimum absolute atomic E-state index is 0.111. The number of aliphatic hydroxyl groups is 1. The molecule has 0 spiro atoms. The van der Waals surface area contributed by atoms with Gasteiger partial charge < -0.3 is 14.6 Å². The minimum atomic E-state index is -0.845. The number of ether oxygens (including phenoxy) is 2. The summed E-state index contributed by atoms with van der Waals surface area (Å²) in [6.07, 6.45) is 1.41. The number of fused-ring (bicyclic) bond motifs is 1. The number of carbonyl (C=O) groups is 2. The molecule has 1 N–H and O–H groups in total. The van der Waals surface area contributed by atoms with Crippen LogP contribution in [-0.4, -0.2) is 45.7 Å². The van der Waals surface area contributed by atoms with Gasteiger partial charge in [-0.3, -0.25) is 9.80 Å². The van der Waals surface area contributed by atoms with Crippen molar-refractivity contribution in [2.45, 2.75) is 52.3 Å². The van der Waals surface area contributed by atoms with Crippen LogP contribution in [0.1, 0.15) is 44.7 Å². The van der Waals surface area contributed by atoms with Crippen molar-refractivity contribution in [2.75, 3.05) is 13.2 Å². The average Bonchev–Trinajstić information content (AvgIpc) is 3.23. The van der Waals surface area contributed by atoms with Crippen LogP contribution in [0.5, 0.6) is 5.75 Å². The number of rotatable bonds is 8. The molecular weight excluding hydrogens is 468 g/mol. The van der Waals surface area contributed by atoms with E-state index in [0.29, 0.717) is 30.3 Å². The SMILES string of the molecule is CC(C)COC(=O)C1=C(O)[C@@]2(C)CCCN2N(Cc2ccc(OCc3ccccc3)c(Cl)c2)C1=O. The Hall–Kier alpha value is -3.03. The molecule has 0 unspecified atom stereocenters. The second-order valence-corrected chi connectivity index (χ2v) is 10.0. The molecule has 0 aliphatic carbocycles. The molecule has 0 bridgehead atoms. The Morgan fingerprint density at radius 2 is 1.91 bits per heavy atom. The van der Waals surface area contributed by atoms with E-state index in [9.17, 15) is 14.7 Å². The van der Waals surface area contributed by atoms with Crippen molar-refractivity contribution in [3.05, 3.63) is 76.0 Å². The number of halogens is 1. The first-order valence-electron chi connectivity index (χ1n) is 11.9.